The second kappa shape index (κ2) is 4.04. The lowest BCUT2D eigenvalue weighted by Crippen LogP contribution is -1.83. The van der Waals surface area contributed by atoms with Crippen LogP contribution in [0.3, 0.4) is 0 Å². The highest BCUT2D eigenvalue weighted by Crippen LogP contribution is 2.11. The fraction of sp³-hybridized carbons (Fsp3) is 0.333. The van der Waals surface area contributed by atoms with E-state index in [-0.39, 0.29) is 4.70 Å². The molecule has 0 nitrogen and oxygen atoms in total. The normalized spacial score (nSPS) is 9.10. The maximum Gasteiger partial charge on any atom is -0.0219 e. The maximum atomic E-state index is 2.20. The molecular formula is C9H13F. The van der Waals surface area contributed by atoms with Gasteiger partial charge in [0, 0.05) is 0 Å². The molecule has 0 saturated heterocycles. The van der Waals surface area contributed by atoms with Gasteiger partial charge in [0.25, 0.3) is 0 Å². The highest BCUT2D eigenvalue weighted by atomic mass is 19.0. The summed E-state index contributed by atoms with van der Waals surface area (Å²) in [5.41, 5.74) is 1.41. The van der Waals surface area contributed by atoms with E-state index in [9.17, 15) is 0 Å². The number of halogens is 1. The van der Waals surface area contributed by atoms with Gasteiger partial charge < -0.3 is 0 Å². The van der Waals surface area contributed by atoms with Crippen molar-refractivity contribution in [3.05, 3.63) is 35.9 Å². The number of rotatable bonds is 1. The summed E-state index contributed by atoms with van der Waals surface area (Å²) < 4.78 is 0. The van der Waals surface area contributed by atoms with Gasteiger partial charge in [-0.1, -0.05) is 44.2 Å². The Morgan fingerprint density at radius 2 is 1.50 bits per heavy atom. The average Bonchev–Trinajstić information content (AvgIpc) is 1.90. The van der Waals surface area contributed by atoms with E-state index in [1.165, 1.54) is 5.56 Å². The van der Waals surface area contributed by atoms with Crippen molar-refractivity contribution in [2.45, 2.75) is 19.8 Å². The number of benzene rings is 1. The second-order valence-electron chi connectivity index (χ2n) is 2.57. The van der Waals surface area contributed by atoms with Crippen molar-refractivity contribution in [1.82, 2.24) is 0 Å². The lowest BCUT2D eigenvalue weighted by molar-refractivity contribution is 0.867. The van der Waals surface area contributed by atoms with Crippen molar-refractivity contribution >= 4 is 0 Å². The summed E-state index contributed by atoms with van der Waals surface area (Å²) in [5.74, 6) is 0.659. The standard InChI is InChI=1S/C9H12.FH/c1-8(2)9-6-4-3-5-7-9;/h3-8H,1-2H3;1H. The molecule has 0 aromatic heterocycles. The van der Waals surface area contributed by atoms with Crippen molar-refractivity contribution in [2.24, 2.45) is 0 Å². The van der Waals surface area contributed by atoms with Crippen LogP contribution in [-0.4, -0.2) is 0 Å². The van der Waals surface area contributed by atoms with Crippen LogP contribution in [0.2, 0.25) is 0 Å². The summed E-state index contributed by atoms with van der Waals surface area (Å²) >= 11 is 0. The zero-order valence-corrected chi connectivity index (χ0v) is 6.37. The smallest absolute Gasteiger partial charge is 0.0219 e. The van der Waals surface area contributed by atoms with Crippen LogP contribution in [0.1, 0.15) is 25.3 Å². The van der Waals surface area contributed by atoms with Crippen molar-refractivity contribution < 1.29 is 4.70 Å². The van der Waals surface area contributed by atoms with Gasteiger partial charge in [0.2, 0.25) is 0 Å². The zero-order chi connectivity index (χ0) is 6.69. The lowest BCUT2D eigenvalue weighted by atomic mass is 10.0. The fourth-order valence-corrected chi connectivity index (χ4v) is 0.838. The third kappa shape index (κ3) is 2.18. The van der Waals surface area contributed by atoms with Crippen LogP contribution >= 0.6 is 0 Å². The van der Waals surface area contributed by atoms with Crippen LogP contribution in [-0.2, 0) is 0 Å². The molecule has 0 bridgehead atoms. The highest BCUT2D eigenvalue weighted by molar-refractivity contribution is 5.17. The Balaban J connectivity index is 0.000000810. The molecule has 0 saturated carbocycles. The first kappa shape index (κ1) is 9.15. The van der Waals surface area contributed by atoms with Gasteiger partial charge in [-0.25, -0.2) is 0 Å². The first-order valence-electron chi connectivity index (χ1n) is 3.35. The third-order valence-electron chi connectivity index (χ3n) is 1.47. The third-order valence-corrected chi connectivity index (χ3v) is 1.47. The molecule has 0 unspecified atom stereocenters. The van der Waals surface area contributed by atoms with Gasteiger partial charge in [0.15, 0.2) is 0 Å². The molecule has 0 heterocycles. The fourth-order valence-electron chi connectivity index (χ4n) is 0.838. The van der Waals surface area contributed by atoms with Gasteiger partial charge in [-0.3, -0.25) is 4.70 Å². The summed E-state index contributed by atoms with van der Waals surface area (Å²) in [6.07, 6.45) is 0. The van der Waals surface area contributed by atoms with E-state index in [1.54, 1.807) is 0 Å². The summed E-state index contributed by atoms with van der Waals surface area (Å²) in [7, 11) is 0. The molecule has 0 radical (unpaired) electrons. The number of hydrogen-bond donors (Lipinski definition) is 0. The van der Waals surface area contributed by atoms with Crippen LogP contribution < -0.4 is 0 Å². The Labute approximate surface area is 61.3 Å². The molecule has 0 aliphatic rings. The monoisotopic (exact) mass is 140 g/mol. The van der Waals surface area contributed by atoms with Crippen molar-refractivity contribution in [1.29, 1.82) is 0 Å². The molecule has 0 N–H and O–H groups in total. The molecule has 0 atom stereocenters. The Morgan fingerprint density at radius 1 is 1.00 bits per heavy atom. The summed E-state index contributed by atoms with van der Waals surface area (Å²) in [6.45, 7) is 4.41. The van der Waals surface area contributed by atoms with Crippen LogP contribution in [0.5, 0.6) is 0 Å². The minimum Gasteiger partial charge on any atom is -0.269 e. The van der Waals surface area contributed by atoms with Crippen molar-refractivity contribution in [3.63, 3.8) is 0 Å². The quantitative estimate of drug-likeness (QED) is 0.562. The Morgan fingerprint density at radius 3 is 1.80 bits per heavy atom. The first-order valence-corrected chi connectivity index (χ1v) is 3.35. The van der Waals surface area contributed by atoms with Crippen LogP contribution in [0.4, 0.5) is 4.70 Å². The average molecular weight is 140 g/mol. The van der Waals surface area contributed by atoms with Crippen molar-refractivity contribution in [3.8, 4) is 0 Å². The molecule has 0 fully saturated rings. The number of hydrogen-bond acceptors (Lipinski definition) is 0. The van der Waals surface area contributed by atoms with Gasteiger partial charge in [-0.2, -0.15) is 0 Å². The van der Waals surface area contributed by atoms with E-state index in [4.69, 9.17) is 0 Å². The van der Waals surface area contributed by atoms with E-state index >= 15 is 0 Å². The molecule has 1 aromatic carbocycles. The van der Waals surface area contributed by atoms with Gasteiger partial charge in [0.05, 0.1) is 0 Å². The molecule has 1 rings (SSSR count). The molecule has 0 aliphatic carbocycles. The minimum absolute atomic E-state index is 0. The minimum atomic E-state index is 0. The molecule has 1 aromatic rings. The van der Waals surface area contributed by atoms with Gasteiger partial charge in [-0.15, -0.1) is 0 Å². The Hall–Kier alpha value is -0.850. The zero-order valence-electron chi connectivity index (χ0n) is 6.37. The maximum absolute atomic E-state index is 2.20. The van der Waals surface area contributed by atoms with E-state index in [0.717, 1.165) is 0 Å². The largest absolute Gasteiger partial charge is 0.269 e. The van der Waals surface area contributed by atoms with E-state index in [2.05, 4.69) is 38.1 Å². The topological polar surface area (TPSA) is 0 Å². The molecule has 56 valence electrons. The van der Waals surface area contributed by atoms with E-state index in [1.807, 2.05) is 6.07 Å². The van der Waals surface area contributed by atoms with Crippen LogP contribution in [0.15, 0.2) is 30.3 Å². The molecule has 1 heteroatoms. The second-order valence-corrected chi connectivity index (χ2v) is 2.57. The molecule has 10 heavy (non-hydrogen) atoms. The summed E-state index contributed by atoms with van der Waals surface area (Å²) in [6, 6.07) is 10.5. The predicted octanol–water partition coefficient (Wildman–Crippen LogP) is 2.96. The summed E-state index contributed by atoms with van der Waals surface area (Å²) in [5, 5.41) is 0. The molecule has 0 aliphatic heterocycles. The molecule has 0 amide bonds. The Kier molecular flexibility index (Phi) is 3.70. The first-order chi connectivity index (χ1) is 4.30. The van der Waals surface area contributed by atoms with E-state index in [0.29, 0.717) is 5.92 Å². The van der Waals surface area contributed by atoms with Gasteiger partial charge >= 0.3 is 0 Å². The van der Waals surface area contributed by atoms with Crippen LogP contribution in [0.25, 0.3) is 0 Å². The Bertz CT molecular complexity index is 167. The molecular weight excluding hydrogens is 127 g/mol. The van der Waals surface area contributed by atoms with Crippen LogP contribution in [0, 0.1) is 0 Å². The predicted molar refractivity (Wildman–Crippen MR) is 43.0 cm³/mol. The van der Waals surface area contributed by atoms with Gasteiger partial charge in [0.1, 0.15) is 0 Å². The summed E-state index contributed by atoms with van der Waals surface area (Å²) in [4.78, 5) is 0. The highest BCUT2D eigenvalue weighted by Gasteiger charge is 1.93. The van der Waals surface area contributed by atoms with Crippen molar-refractivity contribution in [2.75, 3.05) is 0 Å². The lowest BCUT2D eigenvalue weighted by Gasteiger charge is -2.01. The molecule has 0 spiro atoms. The SMILES string of the molecule is CC(C)c1ccccc1.F. The van der Waals surface area contributed by atoms with E-state index < -0.39 is 0 Å². The van der Waals surface area contributed by atoms with Gasteiger partial charge in [-0.05, 0) is 11.5 Å².